The van der Waals surface area contributed by atoms with Gasteiger partial charge < -0.3 is 19.6 Å². The number of halogens is 2. The maximum atomic E-state index is 13.2. The second kappa shape index (κ2) is 7.95. The molecule has 2 aliphatic rings. The highest BCUT2D eigenvalue weighted by molar-refractivity contribution is 6.42. The van der Waals surface area contributed by atoms with Crippen LogP contribution in [0.15, 0.2) is 18.2 Å². The third-order valence-electron chi connectivity index (χ3n) is 5.93. The van der Waals surface area contributed by atoms with Gasteiger partial charge in [-0.25, -0.2) is 0 Å². The van der Waals surface area contributed by atoms with E-state index in [0.717, 1.165) is 5.56 Å². The van der Waals surface area contributed by atoms with Gasteiger partial charge in [-0.3, -0.25) is 9.59 Å². The van der Waals surface area contributed by atoms with Crippen molar-refractivity contribution in [2.45, 2.75) is 31.8 Å². The van der Waals surface area contributed by atoms with Gasteiger partial charge in [0.2, 0.25) is 11.8 Å². The van der Waals surface area contributed by atoms with Crippen LogP contribution in [0.25, 0.3) is 0 Å². The smallest absolute Gasteiger partial charge is 0.248 e. The van der Waals surface area contributed by atoms with Crippen LogP contribution in [0.2, 0.25) is 10.0 Å². The number of ether oxygens (including phenoxy) is 1. The zero-order valence-corrected chi connectivity index (χ0v) is 17.0. The lowest BCUT2D eigenvalue weighted by molar-refractivity contribution is -0.179. The van der Waals surface area contributed by atoms with E-state index >= 15 is 0 Å². The molecule has 0 aliphatic carbocycles. The lowest BCUT2D eigenvalue weighted by atomic mass is 9.75. The molecule has 8 heteroatoms. The molecule has 0 saturated carbocycles. The second-order valence-corrected chi connectivity index (χ2v) is 8.21. The van der Waals surface area contributed by atoms with Crippen molar-refractivity contribution in [1.82, 2.24) is 9.80 Å². The zero-order chi connectivity index (χ0) is 19.8. The maximum absolute atomic E-state index is 13.2. The number of nitrogens with zero attached hydrogens (tertiary/aromatic N) is 2. The fraction of sp³-hybridized carbons (Fsp3) is 0.579. The number of aliphatic hydroxyl groups is 1. The molecule has 2 aliphatic heterocycles. The molecule has 0 aromatic heterocycles. The summed E-state index contributed by atoms with van der Waals surface area (Å²) in [5.74, 6) is -0.311. The largest absolute Gasteiger partial charge is 0.387 e. The third-order valence-corrected chi connectivity index (χ3v) is 6.67. The molecule has 1 N–H and O–H groups in total. The van der Waals surface area contributed by atoms with E-state index in [9.17, 15) is 14.7 Å². The van der Waals surface area contributed by atoms with Crippen LogP contribution in [0.4, 0.5) is 0 Å². The van der Waals surface area contributed by atoms with Gasteiger partial charge >= 0.3 is 0 Å². The molecule has 0 spiro atoms. The Kier molecular flexibility index (Phi) is 6.01. The van der Waals surface area contributed by atoms with Gasteiger partial charge in [-0.15, -0.1) is 0 Å². The standard InChI is InChI=1S/C19H24Cl2N2O4/c1-12-10-27-11-16-19(12,2)23(6-5-22(16)18(26)9-24)17(25)8-13-3-4-14(20)15(21)7-13/h3-4,7,12,16,24H,5-6,8-11H2,1-2H3. The molecule has 2 fully saturated rings. The first-order valence-electron chi connectivity index (χ1n) is 9.01. The van der Waals surface area contributed by atoms with Crippen LogP contribution in [0.5, 0.6) is 0 Å². The minimum atomic E-state index is -0.561. The van der Waals surface area contributed by atoms with E-state index in [1.54, 1.807) is 23.1 Å². The Hall–Kier alpha value is -1.34. The summed E-state index contributed by atoms with van der Waals surface area (Å²) in [6.45, 7) is 5.16. The van der Waals surface area contributed by atoms with Crippen molar-refractivity contribution in [1.29, 1.82) is 0 Å². The van der Waals surface area contributed by atoms with Gasteiger partial charge in [-0.2, -0.15) is 0 Å². The monoisotopic (exact) mass is 414 g/mol. The number of fused-ring (bicyclic) bond motifs is 1. The highest BCUT2D eigenvalue weighted by atomic mass is 35.5. The number of carbonyl (C=O) groups excluding carboxylic acids is 2. The summed E-state index contributed by atoms with van der Waals surface area (Å²) in [7, 11) is 0. The van der Waals surface area contributed by atoms with Crippen molar-refractivity contribution in [3.63, 3.8) is 0 Å². The van der Waals surface area contributed by atoms with E-state index in [1.165, 1.54) is 0 Å². The average molecular weight is 415 g/mol. The summed E-state index contributed by atoms with van der Waals surface area (Å²) < 4.78 is 5.67. The Morgan fingerprint density at radius 3 is 2.63 bits per heavy atom. The van der Waals surface area contributed by atoms with Crippen LogP contribution < -0.4 is 0 Å². The SMILES string of the molecule is CC1COCC2N(C(=O)CO)CCN(C(=O)Cc3ccc(Cl)c(Cl)c3)C12C. The van der Waals surface area contributed by atoms with Crippen molar-refractivity contribution in [2.75, 3.05) is 32.9 Å². The highest BCUT2D eigenvalue weighted by Crippen LogP contribution is 2.38. The number of benzene rings is 1. The van der Waals surface area contributed by atoms with Crippen LogP contribution in [-0.4, -0.2) is 71.2 Å². The number of carbonyl (C=O) groups is 2. The van der Waals surface area contributed by atoms with Gasteiger partial charge in [-0.05, 0) is 24.6 Å². The zero-order valence-electron chi connectivity index (χ0n) is 15.5. The number of rotatable bonds is 3. The quantitative estimate of drug-likeness (QED) is 0.820. The Balaban J connectivity index is 1.86. The molecule has 1 aromatic carbocycles. The number of piperazine rings is 1. The molecule has 1 aromatic rings. The van der Waals surface area contributed by atoms with E-state index in [1.807, 2.05) is 18.7 Å². The van der Waals surface area contributed by atoms with Crippen LogP contribution >= 0.6 is 23.2 Å². The van der Waals surface area contributed by atoms with E-state index in [-0.39, 0.29) is 30.2 Å². The summed E-state index contributed by atoms with van der Waals surface area (Å²) in [6, 6.07) is 4.91. The molecule has 2 saturated heterocycles. The first kappa shape index (κ1) is 20.4. The summed E-state index contributed by atoms with van der Waals surface area (Å²) in [5.41, 5.74) is 0.234. The molecular formula is C19H24Cl2N2O4. The third kappa shape index (κ3) is 3.68. The molecule has 2 amide bonds. The van der Waals surface area contributed by atoms with E-state index in [4.69, 9.17) is 27.9 Å². The fourth-order valence-corrected chi connectivity index (χ4v) is 4.50. The number of aliphatic hydroxyl groups excluding tert-OH is 1. The van der Waals surface area contributed by atoms with E-state index in [0.29, 0.717) is 36.3 Å². The first-order valence-corrected chi connectivity index (χ1v) is 9.77. The Bertz CT molecular complexity index is 744. The number of hydrogen-bond donors (Lipinski definition) is 1. The lowest BCUT2D eigenvalue weighted by Crippen LogP contribution is -2.75. The molecular weight excluding hydrogens is 391 g/mol. The van der Waals surface area contributed by atoms with Crippen LogP contribution in [0, 0.1) is 5.92 Å². The number of amides is 2. The highest BCUT2D eigenvalue weighted by Gasteiger charge is 2.54. The molecule has 0 radical (unpaired) electrons. The molecule has 27 heavy (non-hydrogen) atoms. The Labute approximate surface area is 169 Å². The van der Waals surface area contributed by atoms with Crippen molar-refractivity contribution < 1.29 is 19.4 Å². The van der Waals surface area contributed by atoms with Crippen molar-refractivity contribution in [3.8, 4) is 0 Å². The molecule has 6 nitrogen and oxygen atoms in total. The van der Waals surface area contributed by atoms with Crippen LogP contribution in [0.3, 0.4) is 0 Å². The summed E-state index contributed by atoms with van der Waals surface area (Å²) in [5, 5.41) is 10.2. The van der Waals surface area contributed by atoms with Gasteiger partial charge in [0.15, 0.2) is 0 Å². The second-order valence-electron chi connectivity index (χ2n) is 7.40. The van der Waals surface area contributed by atoms with Gasteiger partial charge in [-0.1, -0.05) is 36.2 Å². The Morgan fingerprint density at radius 1 is 1.22 bits per heavy atom. The summed E-state index contributed by atoms with van der Waals surface area (Å²) in [4.78, 5) is 28.9. The molecule has 148 valence electrons. The maximum Gasteiger partial charge on any atom is 0.248 e. The lowest BCUT2D eigenvalue weighted by Gasteiger charge is -2.59. The topological polar surface area (TPSA) is 70.1 Å². The van der Waals surface area contributed by atoms with Gasteiger partial charge in [0.25, 0.3) is 0 Å². The van der Waals surface area contributed by atoms with Crippen molar-refractivity contribution in [3.05, 3.63) is 33.8 Å². The average Bonchev–Trinajstić information content (AvgIpc) is 2.64. The molecule has 3 unspecified atom stereocenters. The minimum Gasteiger partial charge on any atom is -0.387 e. The van der Waals surface area contributed by atoms with Gasteiger partial charge in [0.1, 0.15) is 6.61 Å². The van der Waals surface area contributed by atoms with E-state index < -0.39 is 12.1 Å². The summed E-state index contributed by atoms with van der Waals surface area (Å²) >= 11 is 12.0. The van der Waals surface area contributed by atoms with Crippen molar-refractivity contribution >= 4 is 35.0 Å². The molecule has 3 rings (SSSR count). The molecule has 0 bridgehead atoms. The fourth-order valence-electron chi connectivity index (χ4n) is 4.18. The predicted molar refractivity (Wildman–Crippen MR) is 103 cm³/mol. The van der Waals surface area contributed by atoms with Gasteiger partial charge in [0.05, 0.1) is 41.3 Å². The predicted octanol–water partition coefficient (Wildman–Crippen LogP) is 1.99. The molecule has 2 heterocycles. The molecule has 3 atom stereocenters. The van der Waals surface area contributed by atoms with Crippen LogP contribution in [-0.2, 0) is 20.7 Å². The van der Waals surface area contributed by atoms with Gasteiger partial charge in [0, 0.05) is 19.0 Å². The number of hydrogen-bond acceptors (Lipinski definition) is 4. The van der Waals surface area contributed by atoms with Crippen LogP contribution in [0.1, 0.15) is 19.4 Å². The first-order chi connectivity index (χ1) is 12.8. The Morgan fingerprint density at radius 2 is 1.96 bits per heavy atom. The normalized spacial score (nSPS) is 28.0. The van der Waals surface area contributed by atoms with E-state index in [2.05, 4.69) is 0 Å². The minimum absolute atomic E-state index is 0.0225. The summed E-state index contributed by atoms with van der Waals surface area (Å²) in [6.07, 6.45) is 0.209. The van der Waals surface area contributed by atoms with Crippen molar-refractivity contribution in [2.24, 2.45) is 5.92 Å².